The lowest BCUT2D eigenvalue weighted by Crippen LogP contribution is -2.30. The van der Waals surface area contributed by atoms with Gasteiger partial charge < -0.3 is 9.64 Å². The zero-order chi connectivity index (χ0) is 10.8. The van der Waals surface area contributed by atoms with Crippen molar-refractivity contribution in [1.29, 1.82) is 0 Å². The minimum Gasteiger partial charge on any atom is -0.464 e. The molecule has 2 rings (SSSR count). The number of nitrogens with zero attached hydrogens (tertiary/aromatic N) is 2. The number of hydrogen-bond acceptors (Lipinski definition) is 4. The first-order valence-corrected chi connectivity index (χ1v) is 5.57. The van der Waals surface area contributed by atoms with Gasteiger partial charge in [0, 0.05) is 0 Å². The molecule has 2 aliphatic rings. The largest absolute Gasteiger partial charge is 0.464 e. The van der Waals surface area contributed by atoms with Crippen LogP contribution < -0.4 is 0 Å². The third kappa shape index (κ3) is 1.97. The highest BCUT2D eigenvalue weighted by Gasteiger charge is 2.31. The Hall–Kier alpha value is -1.10. The van der Waals surface area contributed by atoms with Gasteiger partial charge in [-0.3, -0.25) is 4.99 Å². The number of esters is 1. The molecule has 15 heavy (non-hydrogen) atoms. The van der Waals surface area contributed by atoms with Crippen molar-refractivity contribution >= 4 is 27.7 Å². The molecule has 2 heterocycles. The summed E-state index contributed by atoms with van der Waals surface area (Å²) < 4.78 is 5.86. The van der Waals surface area contributed by atoms with Crippen LogP contribution in [-0.2, 0) is 9.53 Å². The Morgan fingerprint density at radius 3 is 3.27 bits per heavy atom. The van der Waals surface area contributed by atoms with Crippen molar-refractivity contribution in [1.82, 2.24) is 4.90 Å². The fourth-order valence-corrected chi connectivity index (χ4v) is 2.01. The van der Waals surface area contributed by atoms with Crippen LogP contribution in [0.1, 0.15) is 6.92 Å². The van der Waals surface area contributed by atoms with Crippen molar-refractivity contribution in [2.24, 2.45) is 4.99 Å². The molecule has 2 aliphatic heterocycles. The first kappa shape index (κ1) is 10.4. The van der Waals surface area contributed by atoms with Crippen LogP contribution in [0.4, 0.5) is 0 Å². The first-order chi connectivity index (χ1) is 7.22. The molecule has 1 unspecified atom stereocenters. The quantitative estimate of drug-likeness (QED) is 0.563. The second-order valence-corrected chi connectivity index (χ2v) is 4.03. The van der Waals surface area contributed by atoms with Gasteiger partial charge in [-0.2, -0.15) is 0 Å². The van der Waals surface area contributed by atoms with E-state index in [0.717, 1.165) is 10.4 Å². The summed E-state index contributed by atoms with van der Waals surface area (Å²) in [5.41, 5.74) is 0. The lowest BCUT2D eigenvalue weighted by atomic mass is 10.3. The van der Waals surface area contributed by atoms with Crippen molar-refractivity contribution < 1.29 is 9.53 Å². The monoisotopic (exact) mass is 270 g/mol. The molecule has 0 saturated heterocycles. The van der Waals surface area contributed by atoms with Crippen molar-refractivity contribution in [2.75, 3.05) is 13.2 Å². The fourth-order valence-electron chi connectivity index (χ4n) is 1.54. The topological polar surface area (TPSA) is 41.9 Å². The Kier molecular flexibility index (Phi) is 2.90. The van der Waals surface area contributed by atoms with E-state index in [-0.39, 0.29) is 5.97 Å². The molecule has 0 aromatic heterocycles. The molecule has 0 saturated carbocycles. The van der Waals surface area contributed by atoms with Crippen LogP contribution in [0, 0.1) is 0 Å². The maximum atomic E-state index is 11.5. The van der Waals surface area contributed by atoms with Gasteiger partial charge in [-0.15, -0.1) is 0 Å². The first-order valence-electron chi connectivity index (χ1n) is 4.78. The molecule has 80 valence electrons. The molecule has 4 nitrogen and oxygen atoms in total. The van der Waals surface area contributed by atoms with E-state index >= 15 is 0 Å². The molecule has 0 N–H and O–H groups in total. The molecule has 0 bridgehead atoms. The third-order valence-corrected chi connectivity index (χ3v) is 2.91. The molecule has 0 aliphatic carbocycles. The van der Waals surface area contributed by atoms with Crippen LogP contribution in [0.15, 0.2) is 27.8 Å². The highest BCUT2D eigenvalue weighted by molar-refractivity contribution is 9.11. The standard InChI is InChI=1S/C10H11BrN2O2/c1-2-15-10(14)7-6-13-8(11)4-3-5-9(13)12-7/h3-5,7H,2,6H2,1H3. The second kappa shape index (κ2) is 4.18. The minimum absolute atomic E-state index is 0.256. The average molecular weight is 271 g/mol. The Morgan fingerprint density at radius 2 is 2.60 bits per heavy atom. The van der Waals surface area contributed by atoms with Crippen LogP contribution >= 0.6 is 15.9 Å². The summed E-state index contributed by atoms with van der Waals surface area (Å²) in [5.74, 6) is 0.551. The number of halogens is 1. The predicted octanol–water partition coefficient (Wildman–Crippen LogP) is 1.44. The summed E-state index contributed by atoms with van der Waals surface area (Å²) in [4.78, 5) is 17.7. The smallest absolute Gasteiger partial charge is 0.332 e. The Balaban J connectivity index is 2.11. The summed E-state index contributed by atoms with van der Waals surface area (Å²) in [6, 6.07) is -0.399. The number of aliphatic imine (C=N–C) groups is 1. The van der Waals surface area contributed by atoms with Gasteiger partial charge in [0.05, 0.1) is 17.8 Å². The molecular formula is C10H11BrN2O2. The second-order valence-electron chi connectivity index (χ2n) is 3.21. The Labute approximate surface area is 96.4 Å². The van der Waals surface area contributed by atoms with E-state index in [9.17, 15) is 4.79 Å². The number of ether oxygens (including phenoxy) is 1. The van der Waals surface area contributed by atoms with Gasteiger partial charge in [-0.1, -0.05) is 6.08 Å². The Morgan fingerprint density at radius 1 is 1.80 bits per heavy atom. The van der Waals surface area contributed by atoms with E-state index in [2.05, 4.69) is 20.9 Å². The highest BCUT2D eigenvalue weighted by atomic mass is 79.9. The molecule has 0 fully saturated rings. The van der Waals surface area contributed by atoms with E-state index in [0.29, 0.717) is 13.2 Å². The summed E-state index contributed by atoms with van der Waals surface area (Å²) in [6.45, 7) is 2.74. The lowest BCUT2D eigenvalue weighted by Gasteiger charge is -2.20. The van der Waals surface area contributed by atoms with Gasteiger partial charge >= 0.3 is 5.97 Å². The van der Waals surface area contributed by atoms with Gasteiger partial charge in [0.2, 0.25) is 0 Å². The van der Waals surface area contributed by atoms with Crippen LogP contribution in [0.5, 0.6) is 0 Å². The molecule has 0 aromatic carbocycles. The van der Waals surface area contributed by atoms with Crippen molar-refractivity contribution in [2.45, 2.75) is 13.0 Å². The summed E-state index contributed by atoms with van der Waals surface area (Å²) in [6.07, 6.45) is 5.70. The van der Waals surface area contributed by atoms with Crippen molar-refractivity contribution in [3.8, 4) is 0 Å². The maximum absolute atomic E-state index is 11.5. The fraction of sp³-hybridized carbons (Fsp3) is 0.400. The number of amidine groups is 1. The molecule has 5 heteroatoms. The summed E-state index contributed by atoms with van der Waals surface area (Å²) in [7, 11) is 0. The van der Waals surface area contributed by atoms with Crippen LogP contribution in [-0.4, -0.2) is 35.9 Å². The van der Waals surface area contributed by atoms with E-state index in [1.54, 1.807) is 6.92 Å². The average Bonchev–Trinajstić information content (AvgIpc) is 2.63. The molecule has 0 radical (unpaired) electrons. The van der Waals surface area contributed by atoms with E-state index in [1.165, 1.54) is 0 Å². The van der Waals surface area contributed by atoms with Gasteiger partial charge in [0.1, 0.15) is 5.84 Å². The van der Waals surface area contributed by atoms with Crippen molar-refractivity contribution in [3.05, 3.63) is 22.8 Å². The molecule has 0 aromatic rings. The number of rotatable bonds is 2. The number of allylic oxidation sites excluding steroid dienone is 2. The zero-order valence-electron chi connectivity index (χ0n) is 8.31. The van der Waals surface area contributed by atoms with E-state index in [4.69, 9.17) is 4.74 Å². The van der Waals surface area contributed by atoms with Gasteiger partial charge in [-0.05, 0) is 35.0 Å². The Bertz CT molecular complexity index is 374. The van der Waals surface area contributed by atoms with Gasteiger partial charge in [0.25, 0.3) is 0 Å². The number of hydrogen-bond donors (Lipinski definition) is 0. The van der Waals surface area contributed by atoms with Crippen LogP contribution in [0.25, 0.3) is 0 Å². The van der Waals surface area contributed by atoms with Gasteiger partial charge in [-0.25, -0.2) is 4.79 Å². The molecular weight excluding hydrogens is 260 g/mol. The van der Waals surface area contributed by atoms with Crippen molar-refractivity contribution in [3.63, 3.8) is 0 Å². The SMILES string of the molecule is CCOC(=O)C1CN2C(Br)=CC=CC2=N1. The maximum Gasteiger partial charge on any atom is 0.332 e. The molecule has 0 spiro atoms. The third-order valence-electron chi connectivity index (χ3n) is 2.22. The van der Waals surface area contributed by atoms with Gasteiger partial charge in [0.15, 0.2) is 6.04 Å². The number of carbonyl (C=O) groups excluding carboxylic acids is 1. The van der Waals surface area contributed by atoms with Crippen LogP contribution in [0.3, 0.4) is 0 Å². The molecule has 0 amide bonds. The lowest BCUT2D eigenvalue weighted by molar-refractivity contribution is -0.144. The highest BCUT2D eigenvalue weighted by Crippen LogP contribution is 2.24. The van der Waals surface area contributed by atoms with E-state index < -0.39 is 6.04 Å². The number of fused-ring (bicyclic) bond motifs is 1. The molecule has 1 atom stereocenters. The predicted molar refractivity (Wildman–Crippen MR) is 60.7 cm³/mol. The van der Waals surface area contributed by atoms with E-state index in [1.807, 2.05) is 23.1 Å². The zero-order valence-corrected chi connectivity index (χ0v) is 9.90. The van der Waals surface area contributed by atoms with Crippen LogP contribution in [0.2, 0.25) is 0 Å². The summed E-state index contributed by atoms with van der Waals surface area (Å²) >= 11 is 3.41. The minimum atomic E-state index is -0.399. The summed E-state index contributed by atoms with van der Waals surface area (Å²) in [5, 5.41) is 0. The normalized spacial score (nSPS) is 23.3. The number of carbonyl (C=O) groups is 1.